The van der Waals surface area contributed by atoms with Gasteiger partial charge in [0.25, 0.3) is 0 Å². The van der Waals surface area contributed by atoms with E-state index < -0.39 is 0 Å². The van der Waals surface area contributed by atoms with Crippen molar-refractivity contribution in [1.29, 1.82) is 0 Å². The first-order chi connectivity index (χ1) is 8.49. The molecule has 1 aliphatic rings. The third-order valence-electron chi connectivity index (χ3n) is 3.26. The molecule has 0 saturated carbocycles. The van der Waals surface area contributed by atoms with E-state index in [9.17, 15) is 0 Å². The highest BCUT2D eigenvalue weighted by Gasteiger charge is 2.23. The highest BCUT2D eigenvalue weighted by Crippen LogP contribution is 2.31. The van der Waals surface area contributed by atoms with Crippen LogP contribution in [0.15, 0.2) is 6.07 Å². The third kappa shape index (κ3) is 2.82. The van der Waals surface area contributed by atoms with Crippen LogP contribution < -0.4 is 10.6 Å². The number of nitrogen functional groups attached to an aromatic ring is 1. The summed E-state index contributed by atoms with van der Waals surface area (Å²) >= 11 is 12.1. The number of rotatable bonds is 1. The molecule has 1 aliphatic heterocycles. The van der Waals surface area contributed by atoms with Crippen LogP contribution in [0.2, 0.25) is 10.0 Å². The van der Waals surface area contributed by atoms with Crippen molar-refractivity contribution in [2.24, 2.45) is 0 Å². The zero-order chi connectivity index (χ0) is 13.3. The summed E-state index contributed by atoms with van der Waals surface area (Å²) in [6.07, 6.45) is 1.08. The highest BCUT2D eigenvalue weighted by molar-refractivity contribution is 6.37. The Balaban J connectivity index is 2.32. The van der Waals surface area contributed by atoms with Crippen LogP contribution >= 0.6 is 23.2 Å². The second-order valence-electron chi connectivity index (χ2n) is 4.82. The number of halogens is 2. The lowest BCUT2D eigenvalue weighted by Crippen LogP contribution is -2.38. The average molecular weight is 289 g/mol. The maximum absolute atomic E-state index is 6.23. The lowest BCUT2D eigenvalue weighted by molar-refractivity contribution is 0.337. The van der Waals surface area contributed by atoms with Crippen molar-refractivity contribution in [3.05, 3.63) is 16.1 Å². The number of anilines is 2. The maximum atomic E-state index is 6.23. The van der Waals surface area contributed by atoms with E-state index in [1.807, 2.05) is 0 Å². The molecule has 2 N–H and O–H groups in total. The Labute approximate surface area is 118 Å². The van der Waals surface area contributed by atoms with Gasteiger partial charge in [-0.1, -0.05) is 23.2 Å². The Kier molecular flexibility index (Phi) is 4.20. The van der Waals surface area contributed by atoms with Crippen molar-refractivity contribution >= 4 is 34.8 Å². The van der Waals surface area contributed by atoms with Gasteiger partial charge in [0.05, 0.1) is 10.0 Å². The Bertz CT molecular complexity index is 438. The van der Waals surface area contributed by atoms with Crippen LogP contribution in [0, 0.1) is 0 Å². The fraction of sp³-hybridized carbons (Fsp3) is 0.583. The van der Waals surface area contributed by atoms with Gasteiger partial charge in [0, 0.05) is 19.1 Å². The summed E-state index contributed by atoms with van der Waals surface area (Å²) in [5, 5.41) is 0.967. The van der Waals surface area contributed by atoms with Gasteiger partial charge in [0.1, 0.15) is 11.6 Å². The lowest BCUT2D eigenvalue weighted by atomic mass is 10.2. The van der Waals surface area contributed by atoms with Gasteiger partial charge in [-0.3, -0.25) is 0 Å². The van der Waals surface area contributed by atoms with Gasteiger partial charge >= 0.3 is 0 Å². The average Bonchev–Trinajstić information content (AvgIpc) is 2.45. The van der Waals surface area contributed by atoms with Crippen LogP contribution in [0.1, 0.15) is 13.3 Å². The molecule has 4 nitrogen and oxygen atoms in total. The molecule has 1 aromatic heterocycles. The van der Waals surface area contributed by atoms with Crippen LogP contribution in [0.3, 0.4) is 0 Å². The third-order valence-corrected chi connectivity index (χ3v) is 3.84. The van der Waals surface area contributed by atoms with E-state index in [1.165, 1.54) is 0 Å². The molecule has 18 heavy (non-hydrogen) atoms. The lowest BCUT2D eigenvalue weighted by Gasteiger charge is -2.30. The first-order valence-corrected chi connectivity index (χ1v) is 6.81. The Morgan fingerprint density at radius 2 is 2.06 bits per heavy atom. The van der Waals surface area contributed by atoms with Crippen LogP contribution in [0.25, 0.3) is 0 Å². The number of nitrogens with zero attached hydrogens (tertiary/aromatic N) is 3. The second kappa shape index (κ2) is 5.51. The first kappa shape index (κ1) is 13.7. The summed E-state index contributed by atoms with van der Waals surface area (Å²) in [7, 11) is 2.13. The molecule has 0 aromatic carbocycles. The Morgan fingerprint density at radius 3 is 2.78 bits per heavy atom. The van der Waals surface area contributed by atoms with E-state index in [4.69, 9.17) is 28.9 Å². The molecule has 0 radical (unpaired) electrons. The maximum Gasteiger partial charge on any atom is 0.150 e. The topological polar surface area (TPSA) is 45.4 Å². The van der Waals surface area contributed by atoms with Crippen LogP contribution in [0.5, 0.6) is 0 Å². The first-order valence-electron chi connectivity index (χ1n) is 6.05. The molecular weight excluding hydrogens is 271 g/mol. The molecular formula is C12H18Cl2N4. The quantitative estimate of drug-likeness (QED) is 0.863. The molecule has 0 bridgehead atoms. The number of hydrogen-bond donors (Lipinski definition) is 1. The van der Waals surface area contributed by atoms with Crippen LogP contribution in [-0.2, 0) is 0 Å². The minimum atomic E-state index is 0.334. The molecule has 1 saturated heterocycles. The number of likely N-dealkylation sites (N-methyl/N-ethyl adjacent to an activating group) is 1. The van der Waals surface area contributed by atoms with Crippen LogP contribution in [-0.4, -0.2) is 42.6 Å². The van der Waals surface area contributed by atoms with Gasteiger partial charge in [-0.2, -0.15) is 0 Å². The minimum absolute atomic E-state index is 0.334. The van der Waals surface area contributed by atoms with Crippen molar-refractivity contribution in [3.63, 3.8) is 0 Å². The largest absolute Gasteiger partial charge is 0.382 e. The predicted molar refractivity (Wildman–Crippen MR) is 77.6 cm³/mol. The zero-order valence-electron chi connectivity index (χ0n) is 10.7. The van der Waals surface area contributed by atoms with E-state index in [-0.39, 0.29) is 0 Å². The van der Waals surface area contributed by atoms with Gasteiger partial charge in [0.15, 0.2) is 0 Å². The highest BCUT2D eigenvalue weighted by atomic mass is 35.5. The van der Waals surface area contributed by atoms with Gasteiger partial charge < -0.3 is 15.5 Å². The number of aromatic nitrogens is 1. The zero-order valence-corrected chi connectivity index (χ0v) is 12.2. The molecule has 1 atom stereocenters. The van der Waals surface area contributed by atoms with E-state index in [2.05, 4.69) is 28.8 Å². The monoisotopic (exact) mass is 288 g/mol. The Hall–Kier alpha value is -0.710. The van der Waals surface area contributed by atoms with Crippen molar-refractivity contribution < 1.29 is 0 Å². The van der Waals surface area contributed by atoms with Gasteiger partial charge in [0.2, 0.25) is 0 Å². The molecule has 1 fully saturated rings. The molecule has 0 aliphatic carbocycles. The van der Waals surface area contributed by atoms with E-state index in [0.717, 1.165) is 31.9 Å². The van der Waals surface area contributed by atoms with Crippen LogP contribution in [0.4, 0.5) is 11.6 Å². The standard InChI is InChI=1S/C12H18Cl2N4/c1-8-7-17(2)4-3-5-18(8)12-10(14)6-9(13)11(15)16-12/h6,8H,3-5,7H2,1-2H3,(H2,15,16). The fourth-order valence-corrected chi connectivity index (χ4v) is 2.83. The van der Waals surface area contributed by atoms with Crippen molar-refractivity contribution in [2.45, 2.75) is 19.4 Å². The minimum Gasteiger partial charge on any atom is -0.382 e. The van der Waals surface area contributed by atoms with E-state index in [0.29, 0.717) is 21.9 Å². The number of nitrogens with two attached hydrogens (primary N) is 1. The van der Waals surface area contributed by atoms with Gasteiger partial charge in [-0.15, -0.1) is 0 Å². The summed E-state index contributed by atoms with van der Waals surface area (Å²) in [6, 6.07) is 2.02. The van der Waals surface area contributed by atoms with Crippen molar-refractivity contribution in [3.8, 4) is 0 Å². The molecule has 100 valence electrons. The molecule has 0 spiro atoms. The van der Waals surface area contributed by atoms with Gasteiger partial charge in [-0.05, 0) is 33.0 Å². The molecule has 1 aromatic rings. The molecule has 0 amide bonds. The summed E-state index contributed by atoms with van der Waals surface area (Å²) in [6.45, 7) is 5.17. The Morgan fingerprint density at radius 1 is 1.33 bits per heavy atom. The summed E-state index contributed by atoms with van der Waals surface area (Å²) in [5.41, 5.74) is 5.77. The predicted octanol–water partition coefficient (Wildman–Crippen LogP) is 2.50. The summed E-state index contributed by atoms with van der Waals surface area (Å²) in [4.78, 5) is 8.86. The molecule has 2 heterocycles. The normalized spacial score (nSPS) is 22.0. The molecule has 2 rings (SSSR count). The van der Waals surface area contributed by atoms with Gasteiger partial charge in [-0.25, -0.2) is 4.98 Å². The van der Waals surface area contributed by atoms with Crippen molar-refractivity contribution in [2.75, 3.05) is 37.3 Å². The fourth-order valence-electron chi connectivity index (χ4n) is 2.36. The van der Waals surface area contributed by atoms with E-state index >= 15 is 0 Å². The summed E-state index contributed by atoms with van der Waals surface area (Å²) in [5.74, 6) is 1.07. The SMILES string of the molecule is CC1CN(C)CCCN1c1nc(N)c(Cl)cc1Cl. The van der Waals surface area contributed by atoms with E-state index in [1.54, 1.807) is 6.07 Å². The number of hydrogen-bond acceptors (Lipinski definition) is 4. The smallest absolute Gasteiger partial charge is 0.150 e. The molecule has 1 unspecified atom stereocenters. The molecule has 6 heteroatoms. The second-order valence-corrected chi connectivity index (χ2v) is 5.63. The number of pyridine rings is 1. The van der Waals surface area contributed by atoms with Crippen molar-refractivity contribution in [1.82, 2.24) is 9.88 Å². The summed E-state index contributed by atoms with van der Waals surface area (Å²) < 4.78 is 0.